The Labute approximate surface area is 276 Å². The molecule has 2 nitrogen and oxygen atoms in total. The molecule has 0 spiro atoms. The topological polar surface area (TPSA) is 29.3 Å². The summed E-state index contributed by atoms with van der Waals surface area (Å²) in [4.78, 5) is 2.47. The lowest BCUT2D eigenvalue weighted by Gasteiger charge is -2.52. The number of hydrogen-bond donors (Lipinski definition) is 1. The molecule has 3 aromatic rings. The average Bonchev–Trinajstić information content (AvgIpc) is 3.00. The van der Waals surface area contributed by atoms with Crippen molar-refractivity contribution in [1.82, 2.24) is 0 Å². The minimum absolute atomic E-state index is 0.145. The Bertz CT molecular complexity index is 1360. The van der Waals surface area contributed by atoms with Crippen LogP contribution >= 0.6 is 0 Å². The van der Waals surface area contributed by atoms with Crippen LogP contribution in [0.4, 0.5) is 5.69 Å². The van der Waals surface area contributed by atoms with E-state index < -0.39 is 0 Å². The van der Waals surface area contributed by atoms with Gasteiger partial charge in [0.25, 0.3) is 0 Å². The lowest BCUT2D eigenvalue weighted by Crippen LogP contribution is -2.47. The molecule has 4 atom stereocenters. The predicted octanol–water partition coefficient (Wildman–Crippen LogP) is 11.7. The Hall–Kier alpha value is -3.36. The van der Waals surface area contributed by atoms with E-state index >= 15 is 0 Å². The number of benzene rings is 3. The van der Waals surface area contributed by atoms with E-state index in [1.807, 2.05) is 6.92 Å². The van der Waals surface area contributed by atoms with Gasteiger partial charge in [0.05, 0.1) is 6.04 Å². The molecule has 1 aliphatic rings. The van der Waals surface area contributed by atoms with E-state index in [0.717, 1.165) is 32.1 Å². The van der Waals surface area contributed by atoms with Crippen molar-refractivity contribution in [1.29, 1.82) is 0 Å². The van der Waals surface area contributed by atoms with E-state index in [1.54, 1.807) is 6.08 Å². The molecule has 1 aliphatic heterocycles. The fraction of sp³-hybridized carbons (Fsp3) is 0.442. The van der Waals surface area contributed by atoms with Gasteiger partial charge in [-0.25, -0.2) is 0 Å². The zero-order valence-corrected chi connectivity index (χ0v) is 29.4. The number of anilines is 1. The first-order valence-corrected chi connectivity index (χ1v) is 17.1. The molecule has 242 valence electrons. The summed E-state index contributed by atoms with van der Waals surface area (Å²) >= 11 is 0. The zero-order chi connectivity index (χ0) is 33.1. The highest BCUT2D eigenvalue weighted by atomic mass is 15.2. The van der Waals surface area contributed by atoms with Gasteiger partial charge in [-0.1, -0.05) is 105 Å². The molecule has 3 aromatic carbocycles. The molecular formula is C43H60N2. The van der Waals surface area contributed by atoms with Crippen LogP contribution < -0.4 is 10.6 Å². The molecule has 1 fully saturated rings. The van der Waals surface area contributed by atoms with E-state index in [0.29, 0.717) is 23.8 Å². The van der Waals surface area contributed by atoms with E-state index in [9.17, 15) is 0 Å². The molecule has 2 heteroatoms. The van der Waals surface area contributed by atoms with Crippen LogP contribution in [0.25, 0.3) is 0 Å². The number of hydrogen-bond acceptors (Lipinski definition) is 2. The van der Waals surface area contributed by atoms with Gasteiger partial charge >= 0.3 is 0 Å². The summed E-state index contributed by atoms with van der Waals surface area (Å²) in [5.74, 6) is 1.57. The molecule has 0 radical (unpaired) electrons. The summed E-state index contributed by atoms with van der Waals surface area (Å²) in [5.41, 5.74) is 16.8. The number of allylic oxidation sites excluding steroid dienone is 2. The van der Waals surface area contributed by atoms with Gasteiger partial charge in [0.15, 0.2) is 0 Å². The Morgan fingerprint density at radius 2 is 1.47 bits per heavy atom. The van der Waals surface area contributed by atoms with Crippen LogP contribution in [0.2, 0.25) is 0 Å². The van der Waals surface area contributed by atoms with Crippen LogP contribution in [0.3, 0.4) is 0 Å². The van der Waals surface area contributed by atoms with Gasteiger partial charge < -0.3 is 10.6 Å². The van der Waals surface area contributed by atoms with Crippen LogP contribution in [-0.4, -0.2) is 5.54 Å². The summed E-state index contributed by atoms with van der Waals surface area (Å²) in [6, 6.07) is 27.9. The van der Waals surface area contributed by atoms with Crippen molar-refractivity contribution in [2.75, 3.05) is 4.90 Å². The van der Waals surface area contributed by atoms with Crippen LogP contribution in [0.15, 0.2) is 110 Å². The highest BCUT2D eigenvalue weighted by Gasteiger charge is 2.43. The largest absolute Gasteiger partial charge is 0.337 e. The SMILES string of the molecule is C=C(C)C(C)CCCc1ccc(C2C(CCC(C)c3ccc(C)cc3)C(=C)N2c2ccc(CCC(C)(C)N)cc2)cc1.C=CC. The maximum absolute atomic E-state index is 6.24. The van der Waals surface area contributed by atoms with Crippen LogP contribution in [-0.2, 0) is 12.8 Å². The first-order chi connectivity index (χ1) is 21.3. The third-order valence-electron chi connectivity index (χ3n) is 9.49. The summed E-state index contributed by atoms with van der Waals surface area (Å²) in [5, 5.41) is 0. The van der Waals surface area contributed by atoms with Gasteiger partial charge in [-0.05, 0) is 126 Å². The second-order valence-corrected chi connectivity index (χ2v) is 14.2. The second kappa shape index (κ2) is 16.8. The van der Waals surface area contributed by atoms with Gasteiger partial charge in [-0.15, -0.1) is 6.58 Å². The normalized spacial score (nSPS) is 17.5. The van der Waals surface area contributed by atoms with Crippen molar-refractivity contribution in [2.45, 2.75) is 111 Å². The Morgan fingerprint density at radius 3 is 2.02 bits per heavy atom. The van der Waals surface area contributed by atoms with Gasteiger partial charge in [0.1, 0.15) is 0 Å². The van der Waals surface area contributed by atoms with Crippen molar-refractivity contribution in [2.24, 2.45) is 17.6 Å². The number of nitrogens with zero attached hydrogens (tertiary/aromatic N) is 1. The molecule has 0 bridgehead atoms. The first kappa shape index (κ1) is 36.1. The van der Waals surface area contributed by atoms with Crippen molar-refractivity contribution in [3.05, 3.63) is 138 Å². The van der Waals surface area contributed by atoms with Crippen LogP contribution in [0.1, 0.15) is 113 Å². The Kier molecular flexibility index (Phi) is 13.5. The van der Waals surface area contributed by atoms with Gasteiger partial charge in [0.2, 0.25) is 0 Å². The molecule has 0 saturated carbocycles. The standard InChI is InChI=1S/C40H54N2.C3H6/c1-28(2)30(4)10-9-11-33-15-21-36(22-16-33)39-38(25-14-31(5)35-19-12-29(3)13-20-35)32(6)42(39)37-23-17-34(18-24-37)26-27-40(7,8)41;1-3-2/h12-13,15-24,30-31,38-39H,1,6,9-11,14,25-27,41H2,2-5,7-8H3;3H,1H2,2H3. The molecule has 0 aromatic heterocycles. The van der Waals surface area contributed by atoms with Crippen LogP contribution in [0, 0.1) is 18.8 Å². The third kappa shape index (κ3) is 10.6. The minimum Gasteiger partial charge on any atom is -0.337 e. The zero-order valence-electron chi connectivity index (χ0n) is 29.4. The lowest BCUT2D eigenvalue weighted by molar-refractivity contribution is 0.333. The molecule has 2 N–H and O–H groups in total. The monoisotopic (exact) mass is 604 g/mol. The average molecular weight is 605 g/mol. The molecule has 0 aliphatic carbocycles. The number of nitrogens with two attached hydrogens (primary N) is 1. The second-order valence-electron chi connectivity index (χ2n) is 14.2. The highest BCUT2D eigenvalue weighted by Crippen LogP contribution is 2.51. The number of aryl methyl sites for hydroxylation is 3. The van der Waals surface area contributed by atoms with E-state index in [1.165, 1.54) is 57.6 Å². The quantitative estimate of drug-likeness (QED) is 0.185. The van der Waals surface area contributed by atoms with Crippen molar-refractivity contribution >= 4 is 5.69 Å². The fourth-order valence-corrected chi connectivity index (χ4v) is 6.19. The van der Waals surface area contributed by atoms with E-state index in [2.05, 4.69) is 139 Å². The molecule has 0 amide bonds. The minimum atomic E-state index is -0.145. The summed E-state index contributed by atoms with van der Waals surface area (Å²) in [6.45, 7) is 27.2. The van der Waals surface area contributed by atoms with Gasteiger partial charge in [-0.3, -0.25) is 0 Å². The molecule has 45 heavy (non-hydrogen) atoms. The Balaban J connectivity index is 0.00000177. The molecular weight excluding hydrogens is 544 g/mol. The molecule has 1 saturated heterocycles. The highest BCUT2D eigenvalue weighted by molar-refractivity contribution is 5.61. The van der Waals surface area contributed by atoms with Crippen molar-refractivity contribution < 1.29 is 0 Å². The first-order valence-electron chi connectivity index (χ1n) is 17.1. The van der Waals surface area contributed by atoms with E-state index in [4.69, 9.17) is 5.73 Å². The molecule has 4 unspecified atom stereocenters. The van der Waals surface area contributed by atoms with Gasteiger partial charge in [0, 0.05) is 22.8 Å². The van der Waals surface area contributed by atoms with E-state index in [-0.39, 0.29) is 5.54 Å². The molecule has 4 rings (SSSR count). The fourth-order valence-electron chi connectivity index (χ4n) is 6.19. The number of rotatable bonds is 14. The van der Waals surface area contributed by atoms with Crippen LogP contribution in [0.5, 0.6) is 0 Å². The summed E-state index contributed by atoms with van der Waals surface area (Å²) < 4.78 is 0. The molecule has 1 heterocycles. The lowest BCUT2D eigenvalue weighted by atomic mass is 9.75. The maximum Gasteiger partial charge on any atom is 0.0670 e. The summed E-state index contributed by atoms with van der Waals surface area (Å²) in [7, 11) is 0. The third-order valence-corrected chi connectivity index (χ3v) is 9.49. The Morgan fingerprint density at radius 1 is 0.911 bits per heavy atom. The summed E-state index contributed by atoms with van der Waals surface area (Å²) in [6.07, 6.45) is 9.55. The predicted molar refractivity (Wildman–Crippen MR) is 199 cm³/mol. The van der Waals surface area contributed by atoms with Crippen molar-refractivity contribution in [3.8, 4) is 0 Å². The smallest absolute Gasteiger partial charge is 0.0670 e. The maximum atomic E-state index is 6.24. The van der Waals surface area contributed by atoms with Crippen molar-refractivity contribution in [3.63, 3.8) is 0 Å². The van der Waals surface area contributed by atoms with Gasteiger partial charge in [-0.2, -0.15) is 0 Å².